The van der Waals surface area contributed by atoms with Gasteiger partial charge < -0.3 is 24.8 Å². The van der Waals surface area contributed by atoms with Crippen molar-refractivity contribution >= 4 is 0 Å². The first kappa shape index (κ1) is 21.6. The van der Waals surface area contributed by atoms with Gasteiger partial charge in [-0.25, -0.2) is 0 Å². The van der Waals surface area contributed by atoms with Gasteiger partial charge in [-0.1, -0.05) is 44.8 Å². The van der Waals surface area contributed by atoms with Gasteiger partial charge in [-0.3, -0.25) is 0 Å². The molecule has 3 N–H and O–H groups in total. The molecular formula is C19H36O5. The largest absolute Gasteiger partial charge is 0.394 e. The summed E-state index contributed by atoms with van der Waals surface area (Å²) in [4.78, 5) is 0. The minimum atomic E-state index is -1.01. The second-order valence-electron chi connectivity index (χ2n) is 6.62. The van der Waals surface area contributed by atoms with Gasteiger partial charge in [0.2, 0.25) is 0 Å². The van der Waals surface area contributed by atoms with Gasteiger partial charge in [-0.05, 0) is 32.1 Å². The molecule has 0 saturated carbocycles. The Morgan fingerprint density at radius 3 is 2.42 bits per heavy atom. The normalized spacial score (nSPS) is 25.6. The Balaban J connectivity index is 2.01. The molecule has 24 heavy (non-hydrogen) atoms. The van der Waals surface area contributed by atoms with Gasteiger partial charge in [0.05, 0.1) is 13.2 Å². The fraction of sp³-hybridized carbons (Fsp3) is 0.895. The van der Waals surface area contributed by atoms with Crippen LogP contribution >= 0.6 is 0 Å². The first-order valence-electron chi connectivity index (χ1n) is 9.55. The summed E-state index contributed by atoms with van der Waals surface area (Å²) in [5.41, 5.74) is 0. The molecule has 0 aromatic carbocycles. The SMILES string of the molecule is CCCCCCC/C=C/CCCCO[C@@H]1[C@H]([C@@H](O)CO)OC[C@H]1O. The van der Waals surface area contributed by atoms with E-state index in [0.717, 1.165) is 19.3 Å². The minimum Gasteiger partial charge on any atom is -0.394 e. The molecule has 1 heterocycles. The van der Waals surface area contributed by atoms with Gasteiger partial charge in [-0.2, -0.15) is 0 Å². The molecule has 0 aromatic heterocycles. The second kappa shape index (κ2) is 13.8. The highest BCUT2D eigenvalue weighted by atomic mass is 16.6. The second-order valence-corrected chi connectivity index (χ2v) is 6.62. The van der Waals surface area contributed by atoms with Crippen molar-refractivity contribution in [3.8, 4) is 0 Å². The Bertz CT molecular complexity index is 321. The Labute approximate surface area is 146 Å². The summed E-state index contributed by atoms with van der Waals surface area (Å²) in [6.07, 6.45) is 12.4. The molecule has 5 heteroatoms. The number of unbranched alkanes of at least 4 members (excludes halogenated alkanes) is 7. The van der Waals surface area contributed by atoms with Crippen LogP contribution in [0.2, 0.25) is 0 Å². The van der Waals surface area contributed by atoms with E-state index in [1.54, 1.807) is 0 Å². The standard InChI is InChI=1S/C19H36O5/c1-2-3-4-5-6-7-8-9-10-11-12-13-23-19-17(22)15-24-18(19)16(21)14-20/h8-9,16-22H,2-7,10-15H2,1H3/b9-8+/t16-,17+,18-,19-/m0/s1. The molecule has 5 nitrogen and oxygen atoms in total. The molecule has 142 valence electrons. The van der Waals surface area contributed by atoms with Crippen LogP contribution in [0.3, 0.4) is 0 Å². The van der Waals surface area contributed by atoms with E-state index in [1.165, 1.54) is 38.5 Å². The van der Waals surface area contributed by atoms with E-state index >= 15 is 0 Å². The van der Waals surface area contributed by atoms with E-state index in [4.69, 9.17) is 14.6 Å². The zero-order valence-electron chi connectivity index (χ0n) is 15.1. The molecule has 0 unspecified atom stereocenters. The van der Waals surface area contributed by atoms with Crippen LogP contribution in [0.25, 0.3) is 0 Å². The van der Waals surface area contributed by atoms with Gasteiger partial charge in [-0.15, -0.1) is 0 Å². The van der Waals surface area contributed by atoms with Crippen molar-refractivity contribution in [3.63, 3.8) is 0 Å². The lowest BCUT2D eigenvalue weighted by molar-refractivity contribution is -0.0937. The smallest absolute Gasteiger partial charge is 0.114 e. The van der Waals surface area contributed by atoms with Gasteiger partial charge in [0, 0.05) is 6.61 Å². The van der Waals surface area contributed by atoms with Crippen molar-refractivity contribution in [1.82, 2.24) is 0 Å². The molecule has 1 saturated heterocycles. The highest BCUT2D eigenvalue weighted by Crippen LogP contribution is 2.21. The quantitative estimate of drug-likeness (QED) is 0.333. The molecule has 1 rings (SSSR count). The number of rotatable bonds is 14. The summed E-state index contributed by atoms with van der Waals surface area (Å²) in [6.45, 7) is 2.53. The molecular weight excluding hydrogens is 308 g/mol. The van der Waals surface area contributed by atoms with E-state index in [9.17, 15) is 10.2 Å². The fourth-order valence-corrected chi connectivity index (χ4v) is 2.94. The summed E-state index contributed by atoms with van der Waals surface area (Å²) in [7, 11) is 0. The van der Waals surface area contributed by atoms with E-state index in [-0.39, 0.29) is 13.2 Å². The number of aliphatic hydroxyl groups is 3. The maximum absolute atomic E-state index is 9.83. The lowest BCUT2D eigenvalue weighted by Crippen LogP contribution is -2.42. The molecule has 0 aromatic rings. The van der Waals surface area contributed by atoms with E-state index in [0.29, 0.717) is 6.61 Å². The van der Waals surface area contributed by atoms with Crippen molar-refractivity contribution < 1.29 is 24.8 Å². The van der Waals surface area contributed by atoms with Crippen LogP contribution in [0, 0.1) is 0 Å². The summed E-state index contributed by atoms with van der Waals surface area (Å²) in [5, 5.41) is 28.5. The predicted molar refractivity (Wildman–Crippen MR) is 94.9 cm³/mol. The van der Waals surface area contributed by atoms with Gasteiger partial charge >= 0.3 is 0 Å². The Morgan fingerprint density at radius 1 is 1.08 bits per heavy atom. The van der Waals surface area contributed by atoms with Crippen LogP contribution in [0.4, 0.5) is 0 Å². The first-order chi connectivity index (χ1) is 11.7. The van der Waals surface area contributed by atoms with E-state index in [2.05, 4.69) is 19.1 Å². The fourth-order valence-electron chi connectivity index (χ4n) is 2.94. The monoisotopic (exact) mass is 344 g/mol. The highest BCUT2D eigenvalue weighted by molar-refractivity contribution is 4.89. The van der Waals surface area contributed by atoms with Crippen LogP contribution in [0.15, 0.2) is 12.2 Å². The Kier molecular flexibility index (Phi) is 12.4. The summed E-state index contributed by atoms with van der Waals surface area (Å²) >= 11 is 0. The number of ether oxygens (including phenoxy) is 2. The molecule has 1 aliphatic rings. The first-order valence-corrected chi connectivity index (χ1v) is 9.55. The van der Waals surface area contributed by atoms with Crippen LogP contribution in [0.1, 0.15) is 64.7 Å². The van der Waals surface area contributed by atoms with Gasteiger partial charge in [0.1, 0.15) is 24.4 Å². The van der Waals surface area contributed by atoms with Crippen LogP contribution in [-0.4, -0.2) is 59.6 Å². The summed E-state index contributed by atoms with van der Waals surface area (Å²) in [6, 6.07) is 0. The number of allylic oxidation sites excluding steroid dienone is 2. The third-order valence-corrected chi connectivity index (χ3v) is 4.45. The lowest BCUT2D eigenvalue weighted by Gasteiger charge is -2.23. The van der Waals surface area contributed by atoms with Gasteiger partial charge in [0.25, 0.3) is 0 Å². The average Bonchev–Trinajstić information content (AvgIpc) is 2.96. The molecule has 0 aliphatic carbocycles. The van der Waals surface area contributed by atoms with Crippen LogP contribution in [-0.2, 0) is 9.47 Å². The number of hydrogen-bond acceptors (Lipinski definition) is 5. The number of aliphatic hydroxyl groups excluding tert-OH is 3. The van der Waals surface area contributed by atoms with Crippen molar-refractivity contribution in [2.45, 2.75) is 89.1 Å². The predicted octanol–water partition coefficient (Wildman–Crippen LogP) is 2.57. The van der Waals surface area contributed by atoms with Crippen molar-refractivity contribution in [1.29, 1.82) is 0 Å². The molecule has 0 amide bonds. The van der Waals surface area contributed by atoms with E-state index < -0.39 is 24.4 Å². The molecule has 1 fully saturated rings. The summed E-state index contributed by atoms with van der Waals surface area (Å²) < 4.78 is 11.0. The van der Waals surface area contributed by atoms with Crippen LogP contribution < -0.4 is 0 Å². The number of hydrogen-bond donors (Lipinski definition) is 3. The zero-order valence-corrected chi connectivity index (χ0v) is 15.1. The average molecular weight is 344 g/mol. The topological polar surface area (TPSA) is 79.2 Å². The maximum atomic E-state index is 9.83. The maximum Gasteiger partial charge on any atom is 0.114 e. The highest BCUT2D eigenvalue weighted by Gasteiger charge is 2.40. The third-order valence-electron chi connectivity index (χ3n) is 4.45. The van der Waals surface area contributed by atoms with Crippen LogP contribution in [0.5, 0.6) is 0 Å². The molecule has 1 aliphatic heterocycles. The van der Waals surface area contributed by atoms with Gasteiger partial charge in [0.15, 0.2) is 0 Å². The lowest BCUT2D eigenvalue weighted by atomic mass is 10.1. The molecule has 4 atom stereocenters. The molecule has 0 radical (unpaired) electrons. The van der Waals surface area contributed by atoms with E-state index in [1.807, 2.05) is 0 Å². The molecule has 0 bridgehead atoms. The molecule has 0 spiro atoms. The Hall–Kier alpha value is -0.460. The zero-order chi connectivity index (χ0) is 17.6. The third kappa shape index (κ3) is 8.58. The van der Waals surface area contributed by atoms with Crippen molar-refractivity contribution in [2.75, 3.05) is 19.8 Å². The Morgan fingerprint density at radius 2 is 1.75 bits per heavy atom. The minimum absolute atomic E-state index is 0.146. The summed E-state index contributed by atoms with van der Waals surface area (Å²) in [5.74, 6) is 0. The van der Waals surface area contributed by atoms with Crippen molar-refractivity contribution in [2.24, 2.45) is 0 Å². The van der Waals surface area contributed by atoms with Crippen molar-refractivity contribution in [3.05, 3.63) is 12.2 Å².